The van der Waals surface area contributed by atoms with Crippen molar-refractivity contribution >= 4 is 39.3 Å². The van der Waals surface area contributed by atoms with Crippen LogP contribution < -0.4 is 0 Å². The summed E-state index contributed by atoms with van der Waals surface area (Å²) >= 11 is 4.54. The fourth-order valence-electron chi connectivity index (χ4n) is 1.24. The van der Waals surface area contributed by atoms with Gasteiger partial charge in [0.2, 0.25) is 0 Å². The van der Waals surface area contributed by atoms with Gasteiger partial charge in [0.25, 0.3) is 5.69 Å². The fraction of sp³-hybridized carbons (Fsp3) is 0.364. The quantitative estimate of drug-likeness (QED) is 0.358. The summed E-state index contributed by atoms with van der Waals surface area (Å²) in [7, 11) is 1.32. The van der Waals surface area contributed by atoms with Gasteiger partial charge < -0.3 is 4.74 Å². The normalized spacial score (nSPS) is 11.9. The van der Waals surface area contributed by atoms with Gasteiger partial charge in [-0.3, -0.25) is 14.9 Å². The van der Waals surface area contributed by atoms with Gasteiger partial charge in [-0.05, 0) is 12.1 Å². The lowest BCUT2D eigenvalue weighted by molar-refractivity contribution is -0.387. The van der Waals surface area contributed by atoms with E-state index in [0.29, 0.717) is 10.6 Å². The third-order valence-electron chi connectivity index (χ3n) is 2.21. The molecule has 0 saturated carbocycles. The predicted molar refractivity (Wildman–Crippen MR) is 72.7 cm³/mol. The van der Waals surface area contributed by atoms with Crippen molar-refractivity contribution < 1.29 is 14.5 Å². The number of methoxy groups -OCH3 is 1. The minimum atomic E-state index is -0.433. The van der Waals surface area contributed by atoms with E-state index < -0.39 is 4.92 Å². The molecule has 0 N–H and O–H groups in total. The van der Waals surface area contributed by atoms with Gasteiger partial charge in [-0.2, -0.15) is 0 Å². The summed E-state index contributed by atoms with van der Waals surface area (Å²) in [6.07, 6.45) is 0. The van der Waals surface area contributed by atoms with Gasteiger partial charge in [-0.15, -0.1) is 11.8 Å². The molecule has 98 valence electrons. The highest BCUT2D eigenvalue weighted by Crippen LogP contribution is 2.32. The van der Waals surface area contributed by atoms with E-state index >= 15 is 0 Å². The van der Waals surface area contributed by atoms with Crippen LogP contribution in [0.3, 0.4) is 0 Å². The number of esters is 1. The summed E-state index contributed by atoms with van der Waals surface area (Å²) in [6, 6.07) is 4.73. The monoisotopic (exact) mass is 333 g/mol. The number of nitro benzene ring substituents is 1. The molecule has 1 aromatic carbocycles. The Morgan fingerprint density at radius 1 is 1.61 bits per heavy atom. The summed E-state index contributed by atoms with van der Waals surface area (Å²) in [4.78, 5) is 22.2. The summed E-state index contributed by atoms with van der Waals surface area (Å²) in [5.41, 5.74) is 0.0419. The number of carbonyl (C=O) groups excluding carboxylic acids is 1. The Balaban J connectivity index is 2.80. The Hall–Kier alpha value is -1.08. The molecule has 0 radical (unpaired) electrons. The lowest BCUT2D eigenvalue weighted by atomic mass is 10.2. The van der Waals surface area contributed by atoms with E-state index in [4.69, 9.17) is 0 Å². The highest BCUT2D eigenvalue weighted by Gasteiger charge is 2.18. The van der Waals surface area contributed by atoms with Crippen molar-refractivity contribution in [1.82, 2.24) is 0 Å². The molecule has 1 atom stereocenters. The second kappa shape index (κ2) is 6.75. The number of thioether (sulfide) groups is 1. The first kappa shape index (κ1) is 15.0. The Bertz CT molecular complexity index is 466. The molecule has 0 aliphatic heterocycles. The number of hydrogen-bond acceptors (Lipinski definition) is 5. The van der Waals surface area contributed by atoms with Gasteiger partial charge in [-0.25, -0.2) is 0 Å². The van der Waals surface area contributed by atoms with Crippen LogP contribution in [0.25, 0.3) is 0 Å². The molecule has 1 aromatic rings. The number of nitro groups is 1. The third-order valence-corrected chi connectivity index (χ3v) is 4.01. The van der Waals surface area contributed by atoms with E-state index in [1.165, 1.54) is 24.9 Å². The first-order chi connectivity index (χ1) is 8.45. The Morgan fingerprint density at radius 3 is 2.83 bits per heavy atom. The van der Waals surface area contributed by atoms with E-state index in [9.17, 15) is 14.9 Å². The number of benzene rings is 1. The molecule has 0 spiro atoms. The molecule has 7 heteroatoms. The highest BCUT2D eigenvalue weighted by molar-refractivity contribution is 9.10. The lowest BCUT2D eigenvalue weighted by Crippen LogP contribution is -2.14. The second-order valence-corrected chi connectivity index (χ2v) is 5.58. The first-order valence-corrected chi connectivity index (χ1v) is 6.88. The molecule has 18 heavy (non-hydrogen) atoms. The molecule has 5 nitrogen and oxygen atoms in total. The predicted octanol–water partition coefficient (Wildman–Crippen LogP) is 3.26. The number of rotatable bonds is 5. The standard InChI is InChI=1S/C11H12BrNO4S/c1-7(11(14)17-2)6-18-10-5-8(12)3-4-9(10)13(15)16/h3-5,7H,6H2,1-2H3. The number of ether oxygens (including phenoxy) is 1. The van der Waals surface area contributed by atoms with Crippen molar-refractivity contribution in [3.8, 4) is 0 Å². The van der Waals surface area contributed by atoms with Gasteiger partial charge in [0.15, 0.2) is 0 Å². The van der Waals surface area contributed by atoms with Crippen LogP contribution in [0.5, 0.6) is 0 Å². The van der Waals surface area contributed by atoms with E-state index in [2.05, 4.69) is 20.7 Å². The largest absolute Gasteiger partial charge is 0.469 e. The van der Waals surface area contributed by atoms with E-state index in [1.54, 1.807) is 19.1 Å². The smallest absolute Gasteiger partial charge is 0.309 e. The zero-order valence-electron chi connectivity index (χ0n) is 9.88. The molecule has 0 amide bonds. The molecule has 0 aliphatic carbocycles. The van der Waals surface area contributed by atoms with Crippen molar-refractivity contribution in [2.45, 2.75) is 11.8 Å². The maximum absolute atomic E-state index is 11.2. The van der Waals surface area contributed by atoms with E-state index in [-0.39, 0.29) is 17.6 Å². The van der Waals surface area contributed by atoms with Crippen LogP contribution in [0.15, 0.2) is 27.6 Å². The van der Waals surface area contributed by atoms with Gasteiger partial charge >= 0.3 is 5.97 Å². The molecule has 1 rings (SSSR count). The molecule has 0 heterocycles. The van der Waals surface area contributed by atoms with Crippen LogP contribution in [0.1, 0.15) is 6.92 Å². The lowest BCUT2D eigenvalue weighted by Gasteiger charge is -2.08. The van der Waals surface area contributed by atoms with Gasteiger partial charge in [0.1, 0.15) is 0 Å². The van der Waals surface area contributed by atoms with Crippen molar-refractivity contribution in [3.63, 3.8) is 0 Å². The summed E-state index contributed by atoms with van der Waals surface area (Å²) in [6.45, 7) is 1.72. The first-order valence-electron chi connectivity index (χ1n) is 5.10. The number of carbonyl (C=O) groups is 1. The molecule has 0 aromatic heterocycles. The molecular weight excluding hydrogens is 322 g/mol. The van der Waals surface area contributed by atoms with Crippen molar-refractivity contribution in [2.75, 3.05) is 12.9 Å². The molecule has 0 aliphatic rings. The summed E-state index contributed by atoms with van der Waals surface area (Å²) in [5, 5.41) is 10.9. The average molecular weight is 334 g/mol. The van der Waals surface area contributed by atoms with Crippen molar-refractivity contribution in [3.05, 3.63) is 32.8 Å². The highest BCUT2D eigenvalue weighted by atomic mass is 79.9. The van der Waals surface area contributed by atoms with E-state index in [0.717, 1.165) is 4.47 Å². The van der Waals surface area contributed by atoms with Gasteiger partial charge in [-0.1, -0.05) is 22.9 Å². The molecule has 0 saturated heterocycles. The molecule has 0 fully saturated rings. The van der Waals surface area contributed by atoms with Crippen LogP contribution in [-0.4, -0.2) is 23.8 Å². The zero-order valence-corrected chi connectivity index (χ0v) is 12.3. The average Bonchev–Trinajstić information content (AvgIpc) is 2.34. The van der Waals surface area contributed by atoms with Gasteiger partial charge in [0, 0.05) is 16.3 Å². The van der Waals surface area contributed by atoms with Crippen LogP contribution >= 0.6 is 27.7 Å². The fourth-order valence-corrected chi connectivity index (χ4v) is 2.82. The van der Waals surface area contributed by atoms with Crippen molar-refractivity contribution in [1.29, 1.82) is 0 Å². The number of halogens is 1. The Labute approximate surface area is 117 Å². The number of nitrogens with zero attached hydrogens (tertiary/aromatic N) is 1. The maximum Gasteiger partial charge on any atom is 0.309 e. The third kappa shape index (κ3) is 3.99. The van der Waals surface area contributed by atoms with Crippen molar-refractivity contribution in [2.24, 2.45) is 5.92 Å². The van der Waals surface area contributed by atoms with Crippen LogP contribution in [0, 0.1) is 16.0 Å². The summed E-state index contributed by atoms with van der Waals surface area (Å²) in [5.74, 6) is -0.192. The van der Waals surface area contributed by atoms with Gasteiger partial charge in [0.05, 0.1) is 22.8 Å². The van der Waals surface area contributed by atoms with E-state index in [1.807, 2.05) is 0 Å². The Morgan fingerprint density at radius 2 is 2.28 bits per heavy atom. The van der Waals surface area contributed by atoms with Crippen LogP contribution in [0.2, 0.25) is 0 Å². The Kier molecular flexibility index (Phi) is 5.61. The molecule has 1 unspecified atom stereocenters. The minimum absolute atomic E-state index is 0.0419. The molecule has 0 bridgehead atoms. The summed E-state index contributed by atoms with van der Waals surface area (Å²) < 4.78 is 5.37. The van der Waals surface area contributed by atoms with Crippen LogP contribution in [0.4, 0.5) is 5.69 Å². The van der Waals surface area contributed by atoms with Crippen LogP contribution in [-0.2, 0) is 9.53 Å². The maximum atomic E-state index is 11.2. The minimum Gasteiger partial charge on any atom is -0.469 e. The zero-order chi connectivity index (χ0) is 13.7. The second-order valence-electron chi connectivity index (χ2n) is 3.60. The SMILES string of the molecule is COC(=O)C(C)CSc1cc(Br)ccc1[N+](=O)[O-]. The topological polar surface area (TPSA) is 69.4 Å². The number of hydrogen-bond donors (Lipinski definition) is 0. The molecular formula is C11H12BrNO4S.